The minimum atomic E-state index is 0.909. The molecule has 1 aromatic heterocycles. The Labute approximate surface area is 382 Å². The molecule has 0 saturated carbocycles. The zero-order valence-electron chi connectivity index (χ0n) is 36.0. The van der Waals surface area contributed by atoms with E-state index in [0.29, 0.717) is 0 Å². The fraction of sp³-hybridized carbons (Fsp3) is 0. The van der Waals surface area contributed by atoms with E-state index >= 15 is 0 Å². The lowest BCUT2D eigenvalue weighted by Crippen LogP contribution is -2.10. The summed E-state index contributed by atoms with van der Waals surface area (Å²) in [5.41, 5.74) is 14.6. The maximum atomic E-state index is 6.21. The SMILES string of the molecule is c1ccc2cc(-c3cc(-c4ccc(N(c5ccc(-c6ccc(-c7ccc8c(c7)oc7ccccc78)cc6)cc5)c5cc6ccccc6c6ccccc56)cc4)cc4ccccc34)ccc2c1. The van der Waals surface area contributed by atoms with Gasteiger partial charge in [-0.15, -0.1) is 0 Å². The molecule has 66 heavy (non-hydrogen) atoms. The third kappa shape index (κ3) is 6.50. The zero-order valence-corrected chi connectivity index (χ0v) is 36.0. The van der Waals surface area contributed by atoms with Crippen LogP contribution in [-0.2, 0) is 0 Å². The first-order valence-corrected chi connectivity index (χ1v) is 22.6. The molecular weight excluding hydrogens is 799 g/mol. The van der Waals surface area contributed by atoms with Crippen molar-refractivity contribution in [3.63, 3.8) is 0 Å². The van der Waals surface area contributed by atoms with Crippen LogP contribution in [0.5, 0.6) is 0 Å². The number of para-hydroxylation sites is 1. The van der Waals surface area contributed by atoms with Crippen molar-refractivity contribution in [1.82, 2.24) is 0 Å². The molecule has 13 aromatic rings. The first-order chi connectivity index (χ1) is 32.7. The van der Waals surface area contributed by atoms with E-state index in [-0.39, 0.29) is 0 Å². The van der Waals surface area contributed by atoms with Gasteiger partial charge >= 0.3 is 0 Å². The Morgan fingerprint density at radius 2 is 0.712 bits per heavy atom. The fourth-order valence-electron chi connectivity index (χ4n) is 10.1. The van der Waals surface area contributed by atoms with E-state index in [1.54, 1.807) is 0 Å². The van der Waals surface area contributed by atoms with Crippen LogP contribution in [-0.4, -0.2) is 0 Å². The maximum absolute atomic E-state index is 6.21. The molecule has 308 valence electrons. The summed E-state index contributed by atoms with van der Waals surface area (Å²) in [4.78, 5) is 2.42. The van der Waals surface area contributed by atoms with Crippen molar-refractivity contribution in [3.05, 3.63) is 249 Å². The van der Waals surface area contributed by atoms with Crippen LogP contribution in [0.1, 0.15) is 0 Å². The van der Waals surface area contributed by atoms with Crippen LogP contribution in [0, 0.1) is 0 Å². The van der Waals surface area contributed by atoms with Crippen LogP contribution in [0.3, 0.4) is 0 Å². The Balaban J connectivity index is 0.883. The van der Waals surface area contributed by atoms with Crippen LogP contribution < -0.4 is 4.90 Å². The fourth-order valence-corrected chi connectivity index (χ4v) is 10.1. The average Bonchev–Trinajstić information content (AvgIpc) is 3.77. The van der Waals surface area contributed by atoms with Crippen LogP contribution in [0.4, 0.5) is 17.1 Å². The summed E-state index contributed by atoms with van der Waals surface area (Å²) >= 11 is 0. The summed E-state index contributed by atoms with van der Waals surface area (Å²) in [5, 5.41) is 12.2. The number of furan rings is 1. The molecular formula is C64H41NO. The lowest BCUT2D eigenvalue weighted by molar-refractivity contribution is 0.669. The van der Waals surface area contributed by atoms with E-state index in [4.69, 9.17) is 4.42 Å². The third-order valence-electron chi connectivity index (χ3n) is 13.4. The lowest BCUT2D eigenvalue weighted by atomic mass is 9.92. The van der Waals surface area contributed by atoms with Crippen molar-refractivity contribution < 1.29 is 4.42 Å². The number of hydrogen-bond donors (Lipinski definition) is 0. The Morgan fingerprint density at radius 3 is 1.42 bits per heavy atom. The van der Waals surface area contributed by atoms with Crippen molar-refractivity contribution in [3.8, 4) is 44.5 Å². The Kier molecular flexibility index (Phi) is 8.89. The topological polar surface area (TPSA) is 16.4 Å². The van der Waals surface area contributed by atoms with Crippen molar-refractivity contribution in [2.24, 2.45) is 0 Å². The highest BCUT2D eigenvalue weighted by Crippen LogP contribution is 2.44. The van der Waals surface area contributed by atoms with E-state index in [0.717, 1.165) is 55.7 Å². The Hall–Kier alpha value is -8.72. The normalized spacial score (nSPS) is 11.6. The minimum Gasteiger partial charge on any atom is -0.456 e. The van der Waals surface area contributed by atoms with Gasteiger partial charge in [0.25, 0.3) is 0 Å². The van der Waals surface area contributed by atoms with Gasteiger partial charge in [-0.2, -0.15) is 0 Å². The molecule has 0 aliphatic rings. The molecule has 0 aliphatic heterocycles. The molecule has 0 saturated heterocycles. The predicted molar refractivity (Wildman–Crippen MR) is 280 cm³/mol. The monoisotopic (exact) mass is 839 g/mol. The highest BCUT2D eigenvalue weighted by molar-refractivity contribution is 6.15. The molecule has 13 rings (SSSR count). The van der Waals surface area contributed by atoms with Gasteiger partial charge in [0.15, 0.2) is 0 Å². The first-order valence-electron chi connectivity index (χ1n) is 22.6. The van der Waals surface area contributed by atoms with E-state index in [9.17, 15) is 0 Å². The minimum absolute atomic E-state index is 0.909. The van der Waals surface area contributed by atoms with Gasteiger partial charge in [0.05, 0.1) is 5.69 Å². The van der Waals surface area contributed by atoms with E-state index < -0.39 is 0 Å². The predicted octanol–water partition coefficient (Wildman–Crippen LogP) is 18.3. The molecule has 0 radical (unpaired) electrons. The van der Waals surface area contributed by atoms with Crippen molar-refractivity contribution in [2.45, 2.75) is 0 Å². The second-order valence-corrected chi connectivity index (χ2v) is 17.3. The Morgan fingerprint density at radius 1 is 0.242 bits per heavy atom. The molecule has 0 unspecified atom stereocenters. The second kappa shape index (κ2) is 15.5. The highest BCUT2D eigenvalue weighted by atomic mass is 16.3. The van der Waals surface area contributed by atoms with Crippen LogP contribution in [0.25, 0.3) is 110 Å². The molecule has 0 bridgehead atoms. The molecule has 12 aromatic carbocycles. The van der Waals surface area contributed by atoms with E-state index in [2.05, 4.69) is 241 Å². The summed E-state index contributed by atoms with van der Waals surface area (Å²) in [7, 11) is 0. The van der Waals surface area contributed by atoms with Gasteiger partial charge in [0.2, 0.25) is 0 Å². The van der Waals surface area contributed by atoms with E-state index in [1.165, 1.54) is 70.9 Å². The molecule has 0 fully saturated rings. The van der Waals surface area contributed by atoms with Crippen LogP contribution in [0.15, 0.2) is 253 Å². The summed E-state index contributed by atoms with van der Waals surface area (Å²) < 4.78 is 6.21. The zero-order chi connectivity index (χ0) is 43.6. The molecule has 0 atom stereocenters. The number of hydrogen-bond acceptors (Lipinski definition) is 2. The summed E-state index contributed by atoms with van der Waals surface area (Å²) in [6.07, 6.45) is 0. The first kappa shape index (κ1) is 37.8. The average molecular weight is 840 g/mol. The largest absolute Gasteiger partial charge is 0.456 e. The summed E-state index contributed by atoms with van der Waals surface area (Å²) in [5.74, 6) is 0. The number of fused-ring (bicyclic) bond motifs is 8. The summed E-state index contributed by atoms with van der Waals surface area (Å²) in [6.45, 7) is 0. The van der Waals surface area contributed by atoms with Gasteiger partial charge in [0.1, 0.15) is 11.2 Å². The van der Waals surface area contributed by atoms with Gasteiger partial charge in [-0.05, 0) is 149 Å². The number of nitrogens with zero attached hydrogens (tertiary/aromatic N) is 1. The number of benzene rings is 12. The smallest absolute Gasteiger partial charge is 0.136 e. The second-order valence-electron chi connectivity index (χ2n) is 17.3. The molecule has 2 nitrogen and oxygen atoms in total. The third-order valence-corrected chi connectivity index (χ3v) is 13.4. The van der Waals surface area contributed by atoms with Crippen LogP contribution >= 0.6 is 0 Å². The lowest BCUT2D eigenvalue weighted by Gasteiger charge is -2.28. The standard InChI is InChI=1S/C64H41NO/c1-2-12-47-37-51(26-25-42(47)11-1)61-39-52(38-49-13-3-6-16-56(49)61)46-29-34-54(35-30-46)65(62-40-50-14-4-5-15-55(50)57-17-7-8-18-58(57)62)53-32-27-44(28-33-53)43-21-23-45(24-22-43)48-31-36-60-59-19-9-10-20-63(59)66-64(60)41-48/h1-41H. The molecule has 0 spiro atoms. The molecule has 0 aliphatic carbocycles. The molecule has 2 heteroatoms. The maximum Gasteiger partial charge on any atom is 0.136 e. The van der Waals surface area contributed by atoms with E-state index in [1.807, 2.05) is 12.1 Å². The van der Waals surface area contributed by atoms with Gasteiger partial charge in [0, 0.05) is 27.5 Å². The van der Waals surface area contributed by atoms with Crippen LogP contribution in [0.2, 0.25) is 0 Å². The number of anilines is 3. The van der Waals surface area contributed by atoms with Gasteiger partial charge < -0.3 is 9.32 Å². The quantitative estimate of drug-likeness (QED) is 0.149. The van der Waals surface area contributed by atoms with Crippen molar-refractivity contribution >= 4 is 82.1 Å². The summed E-state index contributed by atoms with van der Waals surface area (Å²) in [6, 6.07) is 90.4. The van der Waals surface area contributed by atoms with Gasteiger partial charge in [-0.1, -0.05) is 182 Å². The van der Waals surface area contributed by atoms with Crippen molar-refractivity contribution in [1.29, 1.82) is 0 Å². The molecule has 1 heterocycles. The van der Waals surface area contributed by atoms with Gasteiger partial charge in [-0.25, -0.2) is 0 Å². The van der Waals surface area contributed by atoms with Gasteiger partial charge in [-0.3, -0.25) is 0 Å². The molecule has 0 amide bonds. The van der Waals surface area contributed by atoms with Crippen molar-refractivity contribution in [2.75, 3.05) is 4.90 Å². The highest BCUT2D eigenvalue weighted by Gasteiger charge is 2.19. The number of rotatable bonds is 7. The molecule has 0 N–H and O–H groups in total. The Bertz CT molecular complexity index is 3970.